The Bertz CT molecular complexity index is 468. The van der Waals surface area contributed by atoms with Crippen molar-refractivity contribution in [3.63, 3.8) is 0 Å². The molecule has 5 nitrogen and oxygen atoms in total. The first-order chi connectivity index (χ1) is 10.1. The van der Waals surface area contributed by atoms with Crippen molar-refractivity contribution in [2.45, 2.75) is 25.5 Å². The van der Waals surface area contributed by atoms with Crippen LogP contribution in [0.5, 0.6) is 0 Å². The Morgan fingerprint density at radius 1 is 1.33 bits per heavy atom. The van der Waals surface area contributed by atoms with Gasteiger partial charge in [-0.05, 0) is 18.9 Å². The molecule has 5 heteroatoms. The van der Waals surface area contributed by atoms with Crippen molar-refractivity contribution >= 4 is 11.7 Å². The molecule has 116 valence electrons. The minimum absolute atomic E-state index is 0.105. The SMILES string of the molecule is COCc1ccccc1NC1CCN(C(=O)N(C)C)CC1. The maximum Gasteiger partial charge on any atom is 0.319 e. The van der Waals surface area contributed by atoms with Crippen LogP contribution < -0.4 is 5.32 Å². The number of para-hydroxylation sites is 1. The van der Waals surface area contributed by atoms with Gasteiger partial charge in [0, 0.05) is 51.6 Å². The Hall–Kier alpha value is -1.75. The van der Waals surface area contributed by atoms with E-state index in [2.05, 4.69) is 17.4 Å². The van der Waals surface area contributed by atoms with Crippen molar-refractivity contribution in [3.05, 3.63) is 29.8 Å². The van der Waals surface area contributed by atoms with Crippen molar-refractivity contribution in [1.82, 2.24) is 9.80 Å². The molecule has 1 heterocycles. The van der Waals surface area contributed by atoms with Crippen LogP contribution in [0.25, 0.3) is 0 Å². The maximum absolute atomic E-state index is 11.9. The van der Waals surface area contributed by atoms with Gasteiger partial charge in [-0.1, -0.05) is 18.2 Å². The number of benzene rings is 1. The highest BCUT2D eigenvalue weighted by Crippen LogP contribution is 2.21. The Balaban J connectivity index is 1.90. The molecule has 2 rings (SSSR count). The number of ether oxygens (including phenoxy) is 1. The number of nitrogens with one attached hydrogen (secondary N) is 1. The number of nitrogens with zero attached hydrogens (tertiary/aromatic N) is 2. The number of piperidine rings is 1. The molecule has 1 aliphatic heterocycles. The van der Waals surface area contributed by atoms with Gasteiger partial charge in [0.25, 0.3) is 0 Å². The van der Waals surface area contributed by atoms with Crippen LogP contribution in [0.3, 0.4) is 0 Å². The van der Waals surface area contributed by atoms with E-state index in [-0.39, 0.29) is 6.03 Å². The van der Waals surface area contributed by atoms with E-state index >= 15 is 0 Å². The second-order valence-electron chi connectivity index (χ2n) is 5.67. The molecule has 1 aromatic rings. The molecule has 0 aliphatic carbocycles. The average Bonchev–Trinajstić information content (AvgIpc) is 2.49. The van der Waals surface area contributed by atoms with E-state index < -0.39 is 0 Å². The lowest BCUT2D eigenvalue weighted by Crippen LogP contribution is -2.46. The zero-order valence-corrected chi connectivity index (χ0v) is 13.1. The van der Waals surface area contributed by atoms with E-state index in [1.54, 1.807) is 26.1 Å². The summed E-state index contributed by atoms with van der Waals surface area (Å²) in [6.07, 6.45) is 1.95. The van der Waals surface area contributed by atoms with E-state index in [9.17, 15) is 4.79 Å². The van der Waals surface area contributed by atoms with Crippen LogP contribution in [-0.4, -0.2) is 56.2 Å². The third-order valence-corrected chi connectivity index (χ3v) is 3.82. The number of urea groups is 1. The van der Waals surface area contributed by atoms with Gasteiger partial charge < -0.3 is 19.9 Å². The van der Waals surface area contributed by atoms with Gasteiger partial charge in [0.05, 0.1) is 6.61 Å². The maximum atomic E-state index is 11.9. The summed E-state index contributed by atoms with van der Waals surface area (Å²) in [5.74, 6) is 0. The normalized spacial score (nSPS) is 15.9. The molecule has 0 aromatic heterocycles. The predicted molar refractivity (Wildman–Crippen MR) is 84.5 cm³/mol. The lowest BCUT2D eigenvalue weighted by Gasteiger charge is -2.34. The molecular weight excluding hydrogens is 266 g/mol. The van der Waals surface area contributed by atoms with Crippen molar-refractivity contribution < 1.29 is 9.53 Å². The fourth-order valence-corrected chi connectivity index (χ4v) is 2.66. The topological polar surface area (TPSA) is 44.8 Å². The summed E-state index contributed by atoms with van der Waals surface area (Å²) in [4.78, 5) is 15.5. The smallest absolute Gasteiger partial charge is 0.319 e. The van der Waals surface area contributed by atoms with E-state index in [0.29, 0.717) is 12.6 Å². The number of likely N-dealkylation sites (tertiary alicyclic amines) is 1. The molecular formula is C16H25N3O2. The standard InChI is InChI=1S/C16H25N3O2/c1-18(2)16(20)19-10-8-14(9-11-19)17-15-7-5-4-6-13(15)12-21-3/h4-7,14,17H,8-12H2,1-3H3. The fourth-order valence-electron chi connectivity index (χ4n) is 2.66. The van der Waals surface area contributed by atoms with Gasteiger partial charge >= 0.3 is 6.03 Å². The van der Waals surface area contributed by atoms with Gasteiger partial charge in [-0.25, -0.2) is 4.79 Å². The molecule has 0 bridgehead atoms. The zero-order valence-electron chi connectivity index (χ0n) is 13.1. The van der Waals surface area contributed by atoms with Crippen molar-refractivity contribution in [2.24, 2.45) is 0 Å². The van der Waals surface area contributed by atoms with Gasteiger partial charge in [0.2, 0.25) is 0 Å². The minimum atomic E-state index is 0.105. The Kier molecular flexibility index (Phi) is 5.44. The lowest BCUT2D eigenvalue weighted by atomic mass is 10.0. The third kappa shape index (κ3) is 4.11. The molecule has 1 saturated heterocycles. The van der Waals surface area contributed by atoms with Crippen LogP contribution >= 0.6 is 0 Å². The predicted octanol–water partition coefficient (Wildman–Crippen LogP) is 2.39. The molecule has 0 radical (unpaired) electrons. The van der Waals surface area contributed by atoms with Crippen LogP contribution in [0.4, 0.5) is 10.5 Å². The van der Waals surface area contributed by atoms with Gasteiger partial charge in [0.15, 0.2) is 0 Å². The summed E-state index contributed by atoms with van der Waals surface area (Å²) >= 11 is 0. The molecule has 0 atom stereocenters. The molecule has 0 spiro atoms. The van der Waals surface area contributed by atoms with Crippen LogP contribution in [-0.2, 0) is 11.3 Å². The van der Waals surface area contributed by atoms with Crippen molar-refractivity contribution in [1.29, 1.82) is 0 Å². The number of carbonyl (C=O) groups is 1. The Morgan fingerprint density at radius 3 is 2.62 bits per heavy atom. The van der Waals surface area contributed by atoms with Gasteiger partial charge in [-0.3, -0.25) is 0 Å². The van der Waals surface area contributed by atoms with Crippen molar-refractivity contribution in [2.75, 3.05) is 39.6 Å². The van der Waals surface area contributed by atoms with Crippen LogP contribution in [0.2, 0.25) is 0 Å². The molecule has 2 amide bonds. The van der Waals surface area contributed by atoms with Gasteiger partial charge in [-0.2, -0.15) is 0 Å². The molecule has 21 heavy (non-hydrogen) atoms. The van der Waals surface area contributed by atoms with E-state index in [0.717, 1.165) is 31.6 Å². The number of carbonyl (C=O) groups excluding carboxylic acids is 1. The first-order valence-corrected chi connectivity index (χ1v) is 7.41. The number of rotatable bonds is 4. The van der Waals surface area contributed by atoms with E-state index in [1.807, 2.05) is 17.0 Å². The van der Waals surface area contributed by atoms with Gasteiger partial charge in [-0.15, -0.1) is 0 Å². The molecule has 1 fully saturated rings. The Morgan fingerprint density at radius 2 is 2.00 bits per heavy atom. The first-order valence-electron chi connectivity index (χ1n) is 7.41. The second kappa shape index (κ2) is 7.31. The summed E-state index contributed by atoms with van der Waals surface area (Å²) in [5, 5.41) is 3.59. The van der Waals surface area contributed by atoms with Gasteiger partial charge in [0.1, 0.15) is 0 Å². The van der Waals surface area contributed by atoms with Crippen LogP contribution in [0, 0.1) is 0 Å². The monoisotopic (exact) mass is 291 g/mol. The summed E-state index contributed by atoms with van der Waals surface area (Å²) in [6.45, 7) is 2.23. The highest BCUT2D eigenvalue weighted by atomic mass is 16.5. The van der Waals surface area contributed by atoms with E-state index in [4.69, 9.17) is 4.74 Å². The number of hydrogen-bond donors (Lipinski definition) is 1. The quantitative estimate of drug-likeness (QED) is 0.926. The lowest BCUT2D eigenvalue weighted by molar-refractivity contribution is 0.158. The van der Waals surface area contributed by atoms with Crippen LogP contribution in [0.15, 0.2) is 24.3 Å². The fraction of sp³-hybridized carbons (Fsp3) is 0.562. The van der Waals surface area contributed by atoms with E-state index in [1.165, 1.54) is 5.56 Å². The second-order valence-corrected chi connectivity index (χ2v) is 5.67. The molecule has 1 aromatic carbocycles. The zero-order chi connectivity index (χ0) is 15.2. The molecule has 0 unspecified atom stereocenters. The number of hydrogen-bond acceptors (Lipinski definition) is 3. The van der Waals surface area contributed by atoms with Crippen molar-refractivity contribution in [3.8, 4) is 0 Å². The number of methoxy groups -OCH3 is 1. The molecule has 1 aliphatic rings. The molecule has 0 saturated carbocycles. The summed E-state index contributed by atoms with van der Waals surface area (Å²) in [7, 11) is 5.31. The average molecular weight is 291 g/mol. The summed E-state index contributed by atoms with van der Waals surface area (Å²) in [5.41, 5.74) is 2.31. The summed E-state index contributed by atoms with van der Waals surface area (Å²) in [6, 6.07) is 8.74. The Labute approximate surface area is 126 Å². The first kappa shape index (κ1) is 15.6. The number of amides is 2. The summed E-state index contributed by atoms with van der Waals surface area (Å²) < 4.78 is 5.23. The number of anilines is 1. The molecule has 1 N–H and O–H groups in total. The minimum Gasteiger partial charge on any atom is -0.382 e. The highest BCUT2D eigenvalue weighted by Gasteiger charge is 2.23. The largest absolute Gasteiger partial charge is 0.382 e. The highest BCUT2D eigenvalue weighted by molar-refractivity contribution is 5.73. The van der Waals surface area contributed by atoms with Crippen LogP contribution in [0.1, 0.15) is 18.4 Å². The third-order valence-electron chi connectivity index (χ3n) is 3.82.